The van der Waals surface area contributed by atoms with Crippen LogP contribution in [0.4, 0.5) is 5.82 Å². The summed E-state index contributed by atoms with van der Waals surface area (Å²) in [4.78, 5) is 21.3. The van der Waals surface area contributed by atoms with Crippen LogP contribution >= 0.6 is 0 Å². The van der Waals surface area contributed by atoms with Crippen LogP contribution in [0.1, 0.15) is 48.7 Å². The highest BCUT2D eigenvalue weighted by Crippen LogP contribution is 2.29. The van der Waals surface area contributed by atoms with E-state index >= 15 is 0 Å². The van der Waals surface area contributed by atoms with Gasteiger partial charge in [0, 0.05) is 25.0 Å². The molecule has 1 saturated carbocycles. The van der Waals surface area contributed by atoms with E-state index in [0.717, 1.165) is 19.3 Å². The minimum Gasteiger partial charge on any atom is -0.367 e. The number of ketones is 1. The number of allylic oxidation sites excluding steroid dienone is 1. The van der Waals surface area contributed by atoms with Gasteiger partial charge in [-0.15, -0.1) is 6.58 Å². The molecule has 1 aliphatic rings. The summed E-state index contributed by atoms with van der Waals surface area (Å²) in [5, 5.41) is 12.6. The number of nitrogens with zero attached hydrogens (tertiary/aromatic N) is 4. The van der Waals surface area contributed by atoms with Crippen molar-refractivity contribution in [3.63, 3.8) is 0 Å². The monoisotopic (exact) mass is 448 g/mol. The molecule has 0 radical (unpaired) electrons. The van der Waals surface area contributed by atoms with E-state index < -0.39 is 10.3 Å². The van der Waals surface area contributed by atoms with Gasteiger partial charge in [-0.3, -0.25) is 13.7 Å². The van der Waals surface area contributed by atoms with Gasteiger partial charge < -0.3 is 5.32 Å². The van der Waals surface area contributed by atoms with E-state index in [-0.39, 0.29) is 24.3 Å². The first-order chi connectivity index (χ1) is 14.7. The molecule has 31 heavy (non-hydrogen) atoms. The normalized spacial score (nSPS) is 19.8. The lowest BCUT2D eigenvalue weighted by atomic mass is 10.1. The van der Waals surface area contributed by atoms with Crippen molar-refractivity contribution >= 4 is 21.9 Å². The van der Waals surface area contributed by atoms with Gasteiger partial charge in [0.1, 0.15) is 17.8 Å². The highest BCUT2D eigenvalue weighted by atomic mass is 32.2. The summed E-state index contributed by atoms with van der Waals surface area (Å²) < 4.78 is 28.4. The first-order valence-electron chi connectivity index (χ1n) is 10.2. The molecule has 3 unspecified atom stereocenters. The van der Waals surface area contributed by atoms with Crippen LogP contribution in [0.15, 0.2) is 37.4 Å². The number of hydrogen-bond acceptors (Lipinski definition) is 8. The zero-order valence-corrected chi connectivity index (χ0v) is 18.3. The number of nitrogens with two attached hydrogens (primary N) is 1. The van der Waals surface area contributed by atoms with E-state index in [1.807, 2.05) is 6.08 Å². The molecule has 2 heterocycles. The largest absolute Gasteiger partial charge is 0.367 e. The Morgan fingerprint density at radius 3 is 3.03 bits per heavy atom. The second-order valence-corrected chi connectivity index (χ2v) is 9.19. The van der Waals surface area contributed by atoms with Gasteiger partial charge in [0.05, 0.1) is 12.2 Å². The standard InChI is InChI=1S/C20H28N6O4S/c1-3-4-14(2)11-26-8-7-18(25-26)19(27)17-10-22-13-23-20(17)24-16-6-5-15(9-16)12-30-31(21,28)29/h3,7-8,10,13-16H,1,4-6,9,11-12H2,2H3,(H2,21,28,29)(H,22,23,24). The third kappa shape index (κ3) is 6.68. The van der Waals surface area contributed by atoms with Crippen LogP contribution in [0.5, 0.6) is 0 Å². The van der Waals surface area contributed by atoms with Crippen LogP contribution in [0.25, 0.3) is 0 Å². The summed E-state index contributed by atoms with van der Waals surface area (Å²) in [5.41, 5.74) is 0.672. The average molecular weight is 449 g/mol. The number of aromatic nitrogens is 4. The summed E-state index contributed by atoms with van der Waals surface area (Å²) in [6.07, 6.45) is 9.65. The second kappa shape index (κ2) is 10.1. The van der Waals surface area contributed by atoms with E-state index in [1.165, 1.54) is 12.5 Å². The van der Waals surface area contributed by atoms with Gasteiger partial charge >= 0.3 is 10.3 Å². The van der Waals surface area contributed by atoms with Crippen LogP contribution < -0.4 is 10.5 Å². The molecule has 2 aromatic rings. The van der Waals surface area contributed by atoms with Crippen molar-refractivity contribution in [2.45, 2.75) is 45.2 Å². The molecular weight excluding hydrogens is 420 g/mol. The fourth-order valence-electron chi connectivity index (χ4n) is 3.75. The maximum atomic E-state index is 13.0. The van der Waals surface area contributed by atoms with Crippen LogP contribution in [-0.2, 0) is 21.0 Å². The van der Waals surface area contributed by atoms with Gasteiger partial charge in [0.15, 0.2) is 0 Å². The Hall–Kier alpha value is -2.63. The van der Waals surface area contributed by atoms with Crippen molar-refractivity contribution in [3.8, 4) is 0 Å². The Labute approximate surface area is 182 Å². The maximum Gasteiger partial charge on any atom is 0.333 e. The molecule has 11 heteroatoms. The molecule has 3 N–H and O–H groups in total. The molecule has 168 valence electrons. The number of carbonyl (C=O) groups is 1. The smallest absolute Gasteiger partial charge is 0.333 e. The van der Waals surface area contributed by atoms with Crippen molar-refractivity contribution in [2.75, 3.05) is 11.9 Å². The quantitative estimate of drug-likeness (QED) is 0.392. The van der Waals surface area contributed by atoms with Gasteiger partial charge in [0.25, 0.3) is 0 Å². The Kier molecular flexibility index (Phi) is 7.52. The lowest BCUT2D eigenvalue weighted by molar-refractivity contribution is 0.103. The Morgan fingerprint density at radius 1 is 1.48 bits per heavy atom. The van der Waals surface area contributed by atoms with E-state index in [4.69, 9.17) is 9.32 Å². The number of nitrogens with one attached hydrogen (secondary N) is 1. The Bertz CT molecular complexity index is 1020. The third-order valence-corrected chi connectivity index (χ3v) is 5.71. The minimum absolute atomic E-state index is 0.0350. The summed E-state index contributed by atoms with van der Waals surface area (Å²) in [5.74, 6) is 0.606. The van der Waals surface area contributed by atoms with Crippen LogP contribution in [0, 0.1) is 11.8 Å². The Balaban J connectivity index is 1.65. The molecule has 0 spiro atoms. The van der Waals surface area contributed by atoms with Crippen LogP contribution in [0.2, 0.25) is 0 Å². The van der Waals surface area contributed by atoms with E-state index in [0.29, 0.717) is 36.0 Å². The van der Waals surface area contributed by atoms with Gasteiger partial charge in [-0.1, -0.05) is 13.0 Å². The first-order valence-corrected chi connectivity index (χ1v) is 11.6. The number of carbonyl (C=O) groups excluding carboxylic acids is 1. The maximum absolute atomic E-state index is 13.0. The number of anilines is 1. The lowest BCUT2D eigenvalue weighted by Crippen LogP contribution is -2.22. The average Bonchev–Trinajstić information content (AvgIpc) is 3.35. The molecule has 10 nitrogen and oxygen atoms in total. The highest BCUT2D eigenvalue weighted by Gasteiger charge is 2.28. The van der Waals surface area contributed by atoms with Crippen molar-refractivity contribution in [3.05, 3.63) is 48.7 Å². The van der Waals surface area contributed by atoms with Crippen molar-refractivity contribution < 1.29 is 17.4 Å². The van der Waals surface area contributed by atoms with Crippen molar-refractivity contribution in [1.82, 2.24) is 19.7 Å². The zero-order valence-electron chi connectivity index (χ0n) is 17.5. The topological polar surface area (TPSA) is 142 Å². The van der Waals surface area contributed by atoms with Gasteiger partial charge in [-0.25, -0.2) is 15.1 Å². The second-order valence-electron chi connectivity index (χ2n) is 7.96. The van der Waals surface area contributed by atoms with Gasteiger partial charge in [0.2, 0.25) is 5.78 Å². The number of rotatable bonds is 11. The molecule has 1 aliphatic carbocycles. The molecule has 0 amide bonds. The highest BCUT2D eigenvalue weighted by molar-refractivity contribution is 7.84. The number of hydrogen-bond donors (Lipinski definition) is 2. The zero-order chi connectivity index (χ0) is 22.4. The third-order valence-electron chi connectivity index (χ3n) is 5.25. The summed E-state index contributed by atoms with van der Waals surface area (Å²) >= 11 is 0. The minimum atomic E-state index is -3.95. The Morgan fingerprint density at radius 2 is 2.29 bits per heavy atom. The molecule has 0 bridgehead atoms. The summed E-state index contributed by atoms with van der Waals surface area (Å²) in [7, 11) is -3.95. The van der Waals surface area contributed by atoms with Crippen LogP contribution in [-0.4, -0.2) is 46.6 Å². The molecule has 3 rings (SSSR count). The van der Waals surface area contributed by atoms with Crippen LogP contribution in [0.3, 0.4) is 0 Å². The van der Waals surface area contributed by atoms with Crippen molar-refractivity contribution in [1.29, 1.82) is 0 Å². The van der Waals surface area contributed by atoms with E-state index in [2.05, 4.69) is 33.9 Å². The molecule has 2 aromatic heterocycles. The fraction of sp³-hybridized carbons (Fsp3) is 0.500. The summed E-state index contributed by atoms with van der Waals surface area (Å²) in [6, 6.07) is 1.73. The predicted molar refractivity (Wildman–Crippen MR) is 115 cm³/mol. The summed E-state index contributed by atoms with van der Waals surface area (Å²) in [6.45, 7) is 6.59. The van der Waals surface area contributed by atoms with E-state index in [1.54, 1.807) is 16.9 Å². The van der Waals surface area contributed by atoms with Crippen molar-refractivity contribution in [2.24, 2.45) is 17.0 Å². The molecule has 1 fully saturated rings. The molecular formula is C20H28N6O4S. The van der Waals surface area contributed by atoms with Gasteiger partial charge in [-0.2, -0.15) is 13.5 Å². The molecule has 0 aliphatic heterocycles. The lowest BCUT2D eigenvalue weighted by Gasteiger charge is -2.15. The first kappa shape index (κ1) is 23.0. The fourth-order valence-corrected chi connectivity index (χ4v) is 4.14. The molecule has 3 atom stereocenters. The molecule has 0 aromatic carbocycles. The molecule has 0 saturated heterocycles. The van der Waals surface area contributed by atoms with Gasteiger partial charge in [-0.05, 0) is 43.6 Å². The van der Waals surface area contributed by atoms with E-state index in [9.17, 15) is 13.2 Å². The predicted octanol–water partition coefficient (Wildman–Crippen LogP) is 1.92. The SMILES string of the molecule is C=CCC(C)Cn1ccc(C(=O)c2cncnc2NC2CCC(COS(N)(=O)=O)C2)n1.